The molecule has 144 valence electrons. The van der Waals surface area contributed by atoms with Crippen LogP contribution >= 0.6 is 38.8 Å². The summed E-state index contributed by atoms with van der Waals surface area (Å²) in [5, 5.41) is 4.51. The standard InChI is InChI=1S/C21H17FO2S.IPS/c1-13-2-11-18-19(12-13)25-21(15-3-7-16(22)8-4-15)20(24-18)14-5-9-17(23)10-6-14;1-2-3/h2-12,20-21,23H,1H3;/t20-,21+;/m1./s1/i/hT. The molecule has 0 aliphatic carbocycles. The molecule has 0 bridgehead atoms. The van der Waals surface area contributed by atoms with Crippen molar-refractivity contribution in [3.05, 3.63) is 89.2 Å². The van der Waals surface area contributed by atoms with Gasteiger partial charge in [-0.25, -0.2) is 4.39 Å². The summed E-state index contributed by atoms with van der Waals surface area (Å²) in [6, 6.07) is 20.0. The first kappa shape index (κ1) is 20.1. The van der Waals surface area contributed by atoms with Crippen molar-refractivity contribution in [3.8, 4) is 11.5 Å². The van der Waals surface area contributed by atoms with Crippen molar-refractivity contribution in [2.75, 3.05) is 0 Å². The molecule has 2 atom stereocenters. The van der Waals surface area contributed by atoms with E-state index in [0.29, 0.717) is 5.75 Å². The Morgan fingerprint density at radius 3 is 2.39 bits per heavy atom. The zero-order chi connectivity index (χ0) is 20.8. The molecule has 1 aliphatic heterocycles. The van der Waals surface area contributed by atoms with Crippen LogP contribution in [0.15, 0.2) is 71.6 Å². The quantitative estimate of drug-likeness (QED) is 0.273. The summed E-state index contributed by atoms with van der Waals surface area (Å²) >= 11 is 8.16. The third-order valence-corrected chi connectivity index (χ3v) is 5.64. The molecule has 0 spiro atoms. The average molecular weight is 544 g/mol. The molecule has 3 aromatic rings. The molecule has 0 unspecified atom stereocenters. The molecule has 28 heavy (non-hydrogen) atoms. The minimum Gasteiger partial charge on any atom is -0.508 e. The summed E-state index contributed by atoms with van der Waals surface area (Å²) in [6.07, 6.45) is -0.222. The Morgan fingerprint density at radius 1 is 1.11 bits per heavy atom. The maximum atomic E-state index is 13.4. The number of phenols is 1. The molecule has 0 amide bonds. The maximum absolute atomic E-state index is 13.4. The van der Waals surface area contributed by atoms with Gasteiger partial charge < -0.3 is 9.85 Å². The van der Waals surface area contributed by atoms with Gasteiger partial charge in [0.15, 0.2) is 0 Å². The molecule has 7 heteroatoms. The largest absolute Gasteiger partial charge is 0.508 e. The highest BCUT2D eigenvalue weighted by molar-refractivity contribution is 14.2. The molecule has 1 aliphatic rings. The Bertz CT molecular complexity index is 973. The fourth-order valence-electron chi connectivity index (χ4n) is 3.00. The smallest absolute Gasteiger partial charge is 0.293 e. The van der Waals surface area contributed by atoms with Gasteiger partial charge in [-0.3, -0.25) is 0 Å². The highest BCUT2D eigenvalue weighted by Gasteiger charge is 2.33. The molecule has 2 nitrogen and oxygen atoms in total. The predicted molar refractivity (Wildman–Crippen MR) is 126 cm³/mol. The van der Waals surface area contributed by atoms with E-state index in [-0.39, 0.29) is 17.2 Å². The number of aryl methyl sites for hydroxylation is 1. The molecule has 0 aromatic heterocycles. The zero-order valence-electron chi connectivity index (χ0n) is 15.8. The topological polar surface area (TPSA) is 29.5 Å². The van der Waals surface area contributed by atoms with Gasteiger partial charge in [-0.15, -0.1) is 11.8 Å². The van der Waals surface area contributed by atoms with E-state index in [0.717, 1.165) is 26.8 Å². The number of hydrogen-bond acceptors (Lipinski definition) is 4. The number of hydrogen-bond donors (Lipinski definition) is 1. The first-order chi connectivity index (χ1) is 14.0. The number of rotatable bonds is 3. The van der Waals surface area contributed by atoms with Crippen LogP contribution < -0.4 is 4.74 Å². The van der Waals surface area contributed by atoms with Crippen molar-refractivity contribution in [2.45, 2.75) is 23.2 Å². The van der Waals surface area contributed by atoms with Crippen LogP contribution in [0.2, 0.25) is 0 Å². The Labute approximate surface area is 189 Å². The van der Waals surface area contributed by atoms with Gasteiger partial charge in [-0.2, -0.15) is 0 Å². The second-order valence-corrected chi connectivity index (χ2v) is 11.5. The molecule has 3 aromatic carbocycles. The van der Waals surface area contributed by atoms with Gasteiger partial charge in [0.25, 0.3) is 1.43 Å². The van der Waals surface area contributed by atoms with Crippen LogP contribution in [0.5, 0.6) is 11.5 Å². The molecule has 0 saturated carbocycles. The van der Waals surface area contributed by atoms with E-state index in [9.17, 15) is 4.39 Å². The lowest BCUT2D eigenvalue weighted by atomic mass is 10.00. The van der Waals surface area contributed by atoms with Gasteiger partial charge in [-0.05, 0) is 93.9 Å². The van der Waals surface area contributed by atoms with Gasteiger partial charge in [-0.1, -0.05) is 30.3 Å². The monoisotopic (exact) mass is 544 g/mol. The van der Waals surface area contributed by atoms with E-state index in [1.165, 1.54) is 17.7 Å². The Balaban J connectivity index is 0.000000755. The summed E-state index contributed by atoms with van der Waals surface area (Å²) in [5.41, 5.74) is 3.17. The van der Waals surface area contributed by atoms with Crippen molar-refractivity contribution in [1.82, 2.24) is 0 Å². The summed E-state index contributed by atoms with van der Waals surface area (Å²) in [4.78, 5) is 2.05. The van der Waals surface area contributed by atoms with Crippen LogP contribution in [-0.2, 0) is 11.8 Å². The van der Waals surface area contributed by atoms with E-state index >= 15 is 0 Å². The Morgan fingerprint density at radius 2 is 1.75 bits per heavy atom. The van der Waals surface area contributed by atoms with Gasteiger partial charge >= 0.3 is 0 Å². The van der Waals surface area contributed by atoms with E-state index < -0.39 is 0 Å². The summed E-state index contributed by atoms with van der Waals surface area (Å²) in [5.74, 6) is 1.08. The predicted octanol–water partition coefficient (Wildman–Crippen LogP) is 7.55. The highest BCUT2D eigenvalue weighted by Crippen LogP contribution is 2.53. The highest BCUT2D eigenvalue weighted by atomic mass is 127. The third-order valence-electron chi connectivity index (χ3n) is 4.29. The second-order valence-electron chi connectivity index (χ2n) is 6.22. The fourth-order valence-corrected chi connectivity index (χ4v) is 4.39. The average Bonchev–Trinajstić information content (AvgIpc) is 2.74. The minimum absolute atomic E-state index is 0.00679. The molecule has 0 radical (unpaired) electrons. The summed E-state index contributed by atoms with van der Waals surface area (Å²) in [7, 11) is 0. The van der Waals surface area contributed by atoms with Crippen molar-refractivity contribution in [1.29, 1.82) is 1.43 Å². The van der Waals surface area contributed by atoms with Crippen molar-refractivity contribution in [3.63, 3.8) is 0 Å². The SMILES string of the molecule is S=PI.[3H]Oc1ccc([C@H]2Oc3ccc(C)cc3S[C@H]2c2ccc(F)cc2)cc1. The molecule has 1 N–H and O–H groups in total. The van der Waals surface area contributed by atoms with Crippen molar-refractivity contribution in [2.24, 2.45) is 0 Å². The number of ether oxygens (including phenoxy) is 1. The molecule has 1 heterocycles. The van der Waals surface area contributed by atoms with E-state index in [1.54, 1.807) is 23.9 Å². The Kier molecular flexibility index (Phi) is 7.18. The molecule has 0 saturated heterocycles. The third kappa shape index (κ3) is 5.23. The summed E-state index contributed by atoms with van der Waals surface area (Å²) < 4.78 is 26.7. The van der Waals surface area contributed by atoms with Crippen LogP contribution in [-0.4, -0.2) is 6.54 Å². The van der Waals surface area contributed by atoms with Crippen LogP contribution in [0.1, 0.15) is 28.0 Å². The lowest BCUT2D eigenvalue weighted by Crippen LogP contribution is -2.19. The van der Waals surface area contributed by atoms with Gasteiger partial charge in [0.05, 0.1) is 10.1 Å². The van der Waals surface area contributed by atoms with Gasteiger partial charge in [0.1, 0.15) is 23.4 Å². The molecule has 4 rings (SSSR count). The normalized spacial score (nSPS) is 18.2. The van der Waals surface area contributed by atoms with Crippen LogP contribution in [0.25, 0.3) is 0 Å². The lowest BCUT2D eigenvalue weighted by Gasteiger charge is -2.34. The lowest BCUT2D eigenvalue weighted by molar-refractivity contribution is 0.191. The first-order valence-electron chi connectivity index (χ1n) is 8.82. The molecular formula is C21H17FIO2PS2. The van der Waals surface area contributed by atoms with Crippen molar-refractivity contribution >= 4 is 50.6 Å². The number of fused-ring (bicyclic) bond motifs is 1. The van der Waals surface area contributed by atoms with Crippen LogP contribution in [0.4, 0.5) is 4.39 Å². The zero-order valence-corrected chi connectivity index (χ0v) is 19.5. The van der Waals surface area contributed by atoms with Crippen molar-refractivity contribution < 1.29 is 14.2 Å². The fraction of sp³-hybridized carbons (Fsp3) is 0.143. The number of benzene rings is 3. The minimum atomic E-state index is -0.250. The number of phenolic OH excluding ortho intramolecular Hbond substituents is 1. The first-order valence-corrected chi connectivity index (χ1v) is 14.0. The van der Waals surface area contributed by atoms with Crippen LogP contribution in [0, 0.1) is 12.7 Å². The van der Waals surface area contributed by atoms with Gasteiger partial charge in [0, 0.05) is 5.00 Å². The number of aromatic hydroxyl groups is 1. The number of thioether (sulfide) groups is 1. The van der Waals surface area contributed by atoms with E-state index in [4.69, 9.17) is 6.17 Å². The second kappa shape index (κ2) is 10.0. The van der Waals surface area contributed by atoms with Crippen LogP contribution in [0.3, 0.4) is 0 Å². The van der Waals surface area contributed by atoms with E-state index in [1.807, 2.05) is 36.4 Å². The number of halogens is 2. The van der Waals surface area contributed by atoms with Gasteiger partial charge in [0.2, 0.25) is 0 Å². The maximum Gasteiger partial charge on any atom is 0.293 e. The van der Waals surface area contributed by atoms with E-state index in [2.05, 4.69) is 51.9 Å². The molecule has 0 fully saturated rings. The summed E-state index contributed by atoms with van der Waals surface area (Å²) in [6.45, 7) is 2.05. The molecular weight excluding hydrogens is 525 g/mol. The Hall–Kier alpha value is -1.21.